The first-order valence-corrected chi connectivity index (χ1v) is 43.4. The summed E-state index contributed by atoms with van der Waals surface area (Å²) in [7, 11) is -11.3. The molecule has 15 rings (SSSR count). The molecule has 0 fully saturated rings. The van der Waals surface area contributed by atoms with Gasteiger partial charge in [-0.05, 0) is 124 Å². The molecule has 112 heavy (non-hydrogen) atoms. The van der Waals surface area contributed by atoms with Crippen LogP contribution in [0.4, 0.5) is 0 Å². The molecule has 0 amide bonds. The molecule has 0 aliphatic rings. The minimum Gasteiger partial charge on any atom is -0.305 e. The van der Waals surface area contributed by atoms with E-state index in [0.717, 1.165) is 130 Å². The number of rotatable bonds is 14. The summed E-state index contributed by atoms with van der Waals surface area (Å²) in [6.45, 7) is -0.706. The van der Waals surface area contributed by atoms with Crippen LogP contribution in [0.3, 0.4) is 0 Å². The predicted octanol–water partition coefficient (Wildman–Crippen LogP) is 24.0. The molecule has 15 aromatic rings. The third-order valence-corrected chi connectivity index (χ3v) is 21.8. The summed E-state index contributed by atoms with van der Waals surface area (Å²) in [5.74, 6) is 0.435. The Labute approximate surface area is 736 Å². The first-order chi connectivity index (χ1) is 60.0. The second kappa shape index (κ2) is 44.1. The van der Waals surface area contributed by atoms with Crippen molar-refractivity contribution in [2.24, 2.45) is 5.92 Å². The van der Waals surface area contributed by atoms with E-state index in [4.69, 9.17) is 24.7 Å². The molecular formula is C100H98Ir3N6Si3-6. The average Bonchev–Trinajstić information content (AvgIpc) is 0.743. The van der Waals surface area contributed by atoms with Crippen LogP contribution in [0.25, 0.3) is 101 Å². The van der Waals surface area contributed by atoms with Gasteiger partial charge in [-0.2, -0.15) is 0 Å². The van der Waals surface area contributed by atoms with Gasteiger partial charge < -0.3 is 29.9 Å². The molecule has 6 aromatic heterocycles. The van der Waals surface area contributed by atoms with Gasteiger partial charge in [0.05, 0.1) is 24.2 Å². The van der Waals surface area contributed by atoms with Crippen molar-refractivity contribution in [1.82, 2.24) is 29.9 Å². The third kappa shape index (κ3) is 26.8. The molecule has 0 spiro atoms. The van der Waals surface area contributed by atoms with Crippen LogP contribution in [0.2, 0.25) is 58.5 Å². The van der Waals surface area contributed by atoms with Crippen LogP contribution in [-0.2, 0) is 66.7 Å². The Kier molecular flexibility index (Phi) is 26.0. The number of aryl methyl sites for hydroxylation is 3. The van der Waals surface area contributed by atoms with Crippen molar-refractivity contribution in [2.45, 2.75) is 99.5 Å². The first kappa shape index (κ1) is 66.0. The van der Waals surface area contributed by atoms with Crippen LogP contribution < -0.4 is 15.6 Å². The van der Waals surface area contributed by atoms with Crippen molar-refractivity contribution in [3.05, 3.63) is 381 Å². The normalized spacial score (nSPS) is 13.7. The summed E-state index contributed by atoms with van der Waals surface area (Å²) in [4.78, 5) is 26.4. The van der Waals surface area contributed by atoms with Gasteiger partial charge in [0.2, 0.25) is 0 Å². The van der Waals surface area contributed by atoms with E-state index in [2.05, 4.69) is 86.2 Å². The van der Waals surface area contributed by atoms with Gasteiger partial charge in [0, 0.05) is 139 Å². The number of nitrogens with zero attached hydrogens (tertiary/aromatic N) is 6. The van der Waals surface area contributed by atoms with E-state index in [0.29, 0.717) is 21.5 Å². The fourth-order valence-corrected chi connectivity index (χ4v) is 14.2. The minimum atomic E-state index is -3.77. The zero-order valence-electron chi connectivity index (χ0n) is 81.6. The monoisotopic (exact) mass is 2060 g/mol. The standard InChI is InChI=1S/C24H28NSi.C22H24NSi.C21H22NSi.3C11H8N.3Ir/c1-18(2)15-21-16-24(20-9-7-6-8-10-20)25-17-23(21)19-11-13-22(14-12-19)26(3,4)5;1-16-13-19(24(3,4)5)11-12-20(16)21-15-23-22(14-17(21)2)18-9-7-6-8-10-18;1-16-14-21(18-8-6-5-7-9-18)22-15-20(16)17-10-12-19(13-11-17)23(2,3)4;3*1-2-6-10(7-3-1)11-8-4-5-9-12-11;;;/h6-9,11-14,16-18H,15H2,1-5H3;6-9,11-15H,1-5H3;5-8,10-15H,1-4H3;3*1-6,8-9H;;;/q6*-1;;;/i2*3D3,4D3;2D3,3D3;;;;;;. The summed E-state index contributed by atoms with van der Waals surface area (Å²) in [5, 5.41) is 1.24. The van der Waals surface area contributed by atoms with Gasteiger partial charge in [-0.1, -0.05) is 209 Å². The van der Waals surface area contributed by atoms with Gasteiger partial charge in [-0.3, -0.25) is 0 Å². The molecule has 0 saturated carbocycles. The van der Waals surface area contributed by atoms with Gasteiger partial charge in [-0.15, -0.1) is 215 Å². The summed E-state index contributed by atoms with van der Waals surface area (Å²) >= 11 is 0. The molecule has 0 unspecified atom stereocenters. The Morgan fingerprint density at radius 1 is 0.295 bits per heavy atom. The van der Waals surface area contributed by atoms with Gasteiger partial charge in [0.15, 0.2) is 0 Å². The number of benzene rings is 9. The third-order valence-electron chi connectivity index (χ3n) is 17.4. The van der Waals surface area contributed by atoms with Crippen molar-refractivity contribution in [2.75, 3.05) is 0 Å². The molecule has 0 N–H and O–H groups in total. The Morgan fingerprint density at radius 2 is 0.589 bits per heavy atom. The Hall–Kier alpha value is -9.52. The number of aromatic nitrogens is 6. The number of hydrogen-bond acceptors (Lipinski definition) is 6. The molecule has 6 heterocycles. The minimum absolute atomic E-state index is 0. The Balaban J connectivity index is 0.000000222. The van der Waals surface area contributed by atoms with Crippen LogP contribution in [-0.4, -0.2) is 54.1 Å². The maximum absolute atomic E-state index is 7.94. The zero-order valence-corrected chi connectivity index (χ0v) is 73.8. The summed E-state index contributed by atoms with van der Waals surface area (Å²) < 4.78 is 142. The fourth-order valence-electron chi connectivity index (χ4n) is 11.6. The van der Waals surface area contributed by atoms with Crippen molar-refractivity contribution < 1.29 is 85.0 Å². The molecule has 9 aromatic carbocycles. The Bertz CT molecular complexity index is 5650. The van der Waals surface area contributed by atoms with Gasteiger partial charge >= 0.3 is 0 Å². The molecule has 0 aliphatic heterocycles. The molecule has 573 valence electrons. The van der Waals surface area contributed by atoms with Crippen LogP contribution in [0.15, 0.2) is 322 Å². The summed E-state index contributed by atoms with van der Waals surface area (Å²) in [6.07, 6.45) is 11.6. The molecule has 0 atom stereocenters. The number of hydrogen-bond donors (Lipinski definition) is 0. The quantitative estimate of drug-likeness (QED) is 0.0797. The molecule has 6 nitrogen and oxygen atoms in total. The average molecular weight is 2060 g/mol. The van der Waals surface area contributed by atoms with Crippen molar-refractivity contribution in [1.29, 1.82) is 0 Å². The summed E-state index contributed by atoms with van der Waals surface area (Å²) in [6, 6.07) is 108. The van der Waals surface area contributed by atoms with Crippen LogP contribution in [0.5, 0.6) is 0 Å². The molecule has 0 aliphatic carbocycles. The smallest absolute Gasteiger partial charge is 0.0776 e. The van der Waals surface area contributed by atoms with E-state index in [1.54, 1.807) is 79.5 Å². The Morgan fingerprint density at radius 3 is 0.893 bits per heavy atom. The SMILES string of the molecule is [2H]C([2H])([2H])[Si](C)(c1ccc(-c2cnc(-c3[c-]cccc3)cc2C)c(C)c1)C([2H])([2H])[2H].[2H]C([2H])([2H])[Si](C)(c1ccc(-c2cnc(-c3[c-]cccc3)cc2C)cc1)C([2H])([2H])[2H].[2H]C([2H])([2H])[Si](C)(c1ccc(-c2cnc(-c3[c-]cccc3)cc2CC(C)C)cc1)C([2H])([2H])[2H].[Ir].[Ir].[Ir].[c-]1ccccc1-c1ccccn1.[c-]1ccccc1-c1ccccn1.[c-]1ccccc1-c1ccccn1. The zero-order chi connectivity index (χ0) is 92.2. The second-order valence-electron chi connectivity index (χ2n) is 27.0. The van der Waals surface area contributed by atoms with Gasteiger partial charge in [-0.25, -0.2) is 0 Å². The molecular weight excluding hydrogens is 1950 g/mol. The molecule has 0 saturated heterocycles. The van der Waals surface area contributed by atoms with Crippen LogP contribution >= 0.6 is 0 Å². The molecule has 12 heteroatoms. The van der Waals surface area contributed by atoms with E-state index >= 15 is 0 Å². The number of pyridine rings is 6. The van der Waals surface area contributed by atoms with Crippen molar-refractivity contribution in [3.8, 4) is 101 Å². The van der Waals surface area contributed by atoms with Crippen LogP contribution in [0, 0.1) is 63.1 Å². The maximum atomic E-state index is 7.94. The largest absolute Gasteiger partial charge is 0.305 e. The van der Waals surface area contributed by atoms with E-state index in [-0.39, 0.29) is 60.3 Å². The maximum Gasteiger partial charge on any atom is 0.0776 e. The van der Waals surface area contributed by atoms with Crippen molar-refractivity contribution in [3.63, 3.8) is 0 Å². The van der Waals surface area contributed by atoms with Gasteiger partial charge in [0.1, 0.15) is 0 Å². The van der Waals surface area contributed by atoms with E-state index in [1.165, 1.54) is 19.6 Å². The van der Waals surface area contributed by atoms with Crippen LogP contribution in [0.1, 0.15) is 60.8 Å². The molecule has 3 radical (unpaired) electrons. The predicted molar refractivity (Wildman–Crippen MR) is 469 cm³/mol. The second-order valence-corrected chi connectivity index (χ2v) is 35.4. The van der Waals surface area contributed by atoms with E-state index < -0.39 is 63.1 Å². The van der Waals surface area contributed by atoms with E-state index in [9.17, 15) is 0 Å². The van der Waals surface area contributed by atoms with E-state index in [1.807, 2.05) is 257 Å². The first-order valence-electron chi connectivity index (χ1n) is 44.9. The molecule has 0 bridgehead atoms. The topological polar surface area (TPSA) is 77.3 Å². The fraction of sp³-hybridized carbons (Fsp3) is 0.160. The van der Waals surface area contributed by atoms with Gasteiger partial charge in [0.25, 0.3) is 0 Å². The summed E-state index contributed by atoms with van der Waals surface area (Å²) in [5.41, 5.74) is 20.8. The van der Waals surface area contributed by atoms with Crippen molar-refractivity contribution >= 4 is 39.8 Å².